The molecule has 0 spiro atoms. The van der Waals surface area contributed by atoms with Gasteiger partial charge in [0, 0.05) is 0 Å². The number of furan rings is 1. The first-order valence-electron chi connectivity index (χ1n) is 9.95. The number of ketones is 1. The van der Waals surface area contributed by atoms with E-state index in [2.05, 4.69) is 4.98 Å². The Morgan fingerprint density at radius 3 is 2.48 bits per heavy atom. The number of carbonyl (C=O) groups excluding carboxylic acids is 2. The molecule has 33 heavy (non-hydrogen) atoms. The fraction of sp³-hybridized carbons (Fsp3) is 0.125. The first-order valence-corrected chi connectivity index (χ1v) is 10.8. The van der Waals surface area contributed by atoms with Crippen LogP contribution in [0.25, 0.3) is 10.2 Å². The number of anilines is 1. The molecule has 1 aliphatic heterocycles. The Hall–Kier alpha value is -4.11. The minimum atomic E-state index is -0.900. The van der Waals surface area contributed by atoms with Crippen molar-refractivity contribution in [2.45, 2.75) is 6.04 Å². The van der Waals surface area contributed by atoms with Gasteiger partial charge in [0.2, 0.25) is 5.78 Å². The van der Waals surface area contributed by atoms with E-state index < -0.39 is 23.5 Å². The molecule has 4 aromatic rings. The molecule has 3 heterocycles. The molecule has 0 saturated carbocycles. The molecule has 0 radical (unpaired) electrons. The summed E-state index contributed by atoms with van der Waals surface area (Å²) in [5.41, 5.74) is 1.21. The normalized spacial score (nSPS) is 16.0. The quantitative estimate of drug-likeness (QED) is 0.415. The number of hydrogen-bond acceptors (Lipinski definition) is 8. The molecule has 0 fully saturated rings. The van der Waals surface area contributed by atoms with Crippen LogP contribution in [-0.4, -0.2) is 36.0 Å². The van der Waals surface area contributed by atoms with E-state index in [1.165, 1.54) is 28.6 Å². The Labute approximate surface area is 192 Å². The molecule has 1 atom stereocenters. The topological polar surface area (TPSA) is 102 Å². The Bertz CT molecular complexity index is 1390. The summed E-state index contributed by atoms with van der Waals surface area (Å²) in [4.78, 5) is 32.4. The minimum absolute atomic E-state index is 0.0266. The van der Waals surface area contributed by atoms with Crippen LogP contribution in [0.2, 0.25) is 0 Å². The number of Topliss-reactive ketones (excluding diaryl/α,β-unsaturated/α-hetero) is 1. The van der Waals surface area contributed by atoms with Gasteiger partial charge in [-0.1, -0.05) is 23.5 Å². The number of hydrogen-bond donors (Lipinski definition) is 1. The van der Waals surface area contributed by atoms with E-state index in [-0.39, 0.29) is 11.3 Å². The van der Waals surface area contributed by atoms with E-state index in [0.717, 1.165) is 4.70 Å². The maximum atomic E-state index is 13.3. The van der Waals surface area contributed by atoms with E-state index in [0.29, 0.717) is 27.7 Å². The van der Waals surface area contributed by atoms with E-state index in [1.54, 1.807) is 56.7 Å². The van der Waals surface area contributed by atoms with Crippen molar-refractivity contribution >= 4 is 38.4 Å². The zero-order chi connectivity index (χ0) is 23.1. The van der Waals surface area contributed by atoms with Crippen LogP contribution in [0.5, 0.6) is 11.5 Å². The highest BCUT2D eigenvalue weighted by Crippen LogP contribution is 2.44. The molecule has 8 nitrogen and oxygen atoms in total. The highest BCUT2D eigenvalue weighted by molar-refractivity contribution is 7.22. The lowest BCUT2D eigenvalue weighted by molar-refractivity contribution is -0.117. The van der Waals surface area contributed by atoms with Gasteiger partial charge in [0.1, 0.15) is 11.5 Å². The molecule has 0 aliphatic carbocycles. The maximum Gasteiger partial charge on any atom is 0.296 e. The van der Waals surface area contributed by atoms with Gasteiger partial charge in [-0.2, -0.15) is 0 Å². The van der Waals surface area contributed by atoms with Crippen LogP contribution in [0, 0.1) is 0 Å². The largest absolute Gasteiger partial charge is 0.503 e. The maximum absolute atomic E-state index is 13.3. The predicted octanol–water partition coefficient (Wildman–Crippen LogP) is 4.69. The Balaban J connectivity index is 1.66. The van der Waals surface area contributed by atoms with Crippen molar-refractivity contribution < 1.29 is 28.6 Å². The van der Waals surface area contributed by atoms with Crippen LogP contribution in [0.1, 0.15) is 22.2 Å². The first kappa shape index (κ1) is 20.8. The lowest BCUT2D eigenvalue weighted by Gasteiger charge is -2.24. The fourth-order valence-electron chi connectivity index (χ4n) is 3.80. The highest BCUT2D eigenvalue weighted by Gasteiger charge is 2.46. The second-order valence-corrected chi connectivity index (χ2v) is 8.26. The number of benzene rings is 2. The second-order valence-electron chi connectivity index (χ2n) is 7.25. The molecule has 166 valence electrons. The average Bonchev–Trinajstić information content (AvgIpc) is 3.57. The van der Waals surface area contributed by atoms with Crippen molar-refractivity contribution in [2.24, 2.45) is 0 Å². The van der Waals surface area contributed by atoms with Gasteiger partial charge in [0.25, 0.3) is 5.91 Å². The summed E-state index contributed by atoms with van der Waals surface area (Å²) in [7, 11) is 3.12. The summed E-state index contributed by atoms with van der Waals surface area (Å²) in [6.07, 6.45) is 1.36. The summed E-state index contributed by atoms with van der Waals surface area (Å²) in [5, 5.41) is 11.2. The molecule has 2 aromatic heterocycles. The Morgan fingerprint density at radius 1 is 1.09 bits per heavy atom. The van der Waals surface area contributed by atoms with Gasteiger partial charge in [-0.15, -0.1) is 0 Å². The average molecular weight is 462 g/mol. The number of thiazole rings is 1. The van der Waals surface area contributed by atoms with E-state index in [1.807, 2.05) is 6.07 Å². The van der Waals surface area contributed by atoms with Crippen molar-refractivity contribution in [1.29, 1.82) is 0 Å². The molecule has 0 bridgehead atoms. The Morgan fingerprint density at radius 2 is 1.82 bits per heavy atom. The number of methoxy groups -OCH3 is 2. The zero-order valence-corrected chi connectivity index (χ0v) is 18.5. The third kappa shape index (κ3) is 3.42. The molecule has 1 amide bonds. The summed E-state index contributed by atoms with van der Waals surface area (Å²) in [6.45, 7) is 0. The standard InChI is InChI=1S/C24H18N2O6S/c1-30-14-7-5-13(6-8-14)20-19(21(27)17-4-3-11-32-17)22(28)23(29)26(20)24-25-16-10-9-15(31-2)12-18(16)33-24/h3-12,20,28H,1-2H3/t20-/m0/s1. The number of aliphatic hydroxyl groups excluding tert-OH is 1. The monoisotopic (exact) mass is 462 g/mol. The van der Waals surface area contributed by atoms with Crippen LogP contribution < -0.4 is 14.4 Å². The number of aliphatic hydroxyl groups is 1. The van der Waals surface area contributed by atoms with Gasteiger partial charge in [-0.05, 0) is 48.0 Å². The number of amides is 1. The first-order chi connectivity index (χ1) is 16.0. The number of fused-ring (bicyclic) bond motifs is 1. The molecular formula is C24H18N2O6S. The summed E-state index contributed by atoms with van der Waals surface area (Å²) >= 11 is 1.26. The molecule has 2 aromatic carbocycles. The molecule has 1 N–H and O–H groups in total. The van der Waals surface area contributed by atoms with Crippen molar-refractivity contribution in [1.82, 2.24) is 4.98 Å². The van der Waals surface area contributed by atoms with Crippen LogP contribution >= 0.6 is 11.3 Å². The number of nitrogens with zero attached hydrogens (tertiary/aromatic N) is 2. The lowest BCUT2D eigenvalue weighted by Crippen LogP contribution is -2.30. The summed E-state index contributed by atoms with van der Waals surface area (Å²) in [5.74, 6) is -0.609. The SMILES string of the molecule is COc1ccc([C@H]2C(C(=O)c3ccco3)=C(O)C(=O)N2c2nc3ccc(OC)cc3s2)cc1. The van der Waals surface area contributed by atoms with Gasteiger partial charge in [-0.3, -0.25) is 14.5 Å². The number of carbonyl (C=O) groups is 2. The van der Waals surface area contributed by atoms with Gasteiger partial charge in [0.05, 0.1) is 42.3 Å². The fourth-order valence-corrected chi connectivity index (χ4v) is 4.82. The summed E-state index contributed by atoms with van der Waals surface area (Å²) in [6, 6.07) is 14.5. The third-order valence-electron chi connectivity index (χ3n) is 5.42. The van der Waals surface area contributed by atoms with Crippen LogP contribution in [0.3, 0.4) is 0 Å². The third-order valence-corrected chi connectivity index (χ3v) is 6.44. The Kier molecular flexibility index (Phi) is 5.10. The lowest BCUT2D eigenvalue weighted by atomic mass is 9.95. The van der Waals surface area contributed by atoms with Crippen molar-refractivity contribution in [3.8, 4) is 11.5 Å². The number of aromatic nitrogens is 1. The molecule has 9 heteroatoms. The van der Waals surface area contributed by atoms with E-state index >= 15 is 0 Å². The highest BCUT2D eigenvalue weighted by atomic mass is 32.1. The molecule has 5 rings (SSSR count). The van der Waals surface area contributed by atoms with Crippen LogP contribution in [-0.2, 0) is 4.79 Å². The summed E-state index contributed by atoms with van der Waals surface area (Å²) < 4.78 is 16.6. The van der Waals surface area contributed by atoms with Crippen LogP contribution in [0.4, 0.5) is 5.13 Å². The smallest absolute Gasteiger partial charge is 0.296 e. The van der Waals surface area contributed by atoms with E-state index in [4.69, 9.17) is 13.9 Å². The number of rotatable bonds is 6. The van der Waals surface area contributed by atoms with Gasteiger partial charge in [-0.25, -0.2) is 4.98 Å². The van der Waals surface area contributed by atoms with Gasteiger partial charge in [0.15, 0.2) is 16.7 Å². The molecule has 1 aliphatic rings. The molecule has 0 unspecified atom stereocenters. The molecular weight excluding hydrogens is 444 g/mol. The number of ether oxygens (including phenoxy) is 2. The van der Waals surface area contributed by atoms with Crippen molar-refractivity contribution in [2.75, 3.05) is 19.1 Å². The van der Waals surface area contributed by atoms with E-state index in [9.17, 15) is 14.7 Å². The van der Waals surface area contributed by atoms with Gasteiger partial charge < -0.3 is 19.0 Å². The second kappa shape index (κ2) is 8.10. The zero-order valence-electron chi connectivity index (χ0n) is 17.6. The van der Waals surface area contributed by atoms with Crippen molar-refractivity contribution in [3.05, 3.63) is 83.5 Å². The van der Waals surface area contributed by atoms with Crippen LogP contribution in [0.15, 0.2) is 76.6 Å². The predicted molar refractivity (Wildman–Crippen MR) is 122 cm³/mol. The molecule has 0 saturated heterocycles. The minimum Gasteiger partial charge on any atom is -0.503 e. The van der Waals surface area contributed by atoms with Gasteiger partial charge >= 0.3 is 0 Å². The van der Waals surface area contributed by atoms with Crippen molar-refractivity contribution in [3.63, 3.8) is 0 Å².